The van der Waals surface area contributed by atoms with Crippen LogP contribution in [0.4, 0.5) is 0 Å². The maximum absolute atomic E-state index is 13.2. The van der Waals surface area contributed by atoms with Crippen molar-refractivity contribution < 1.29 is 9.90 Å². The molecule has 0 atom stereocenters. The Balaban J connectivity index is 1.62. The Morgan fingerprint density at radius 3 is 2.06 bits per heavy atom. The van der Waals surface area contributed by atoms with Crippen LogP contribution in [0, 0.1) is 13.8 Å². The van der Waals surface area contributed by atoms with Gasteiger partial charge in [-0.25, -0.2) is 5.43 Å². The predicted molar refractivity (Wildman–Crippen MR) is 135 cm³/mol. The Hall–Kier alpha value is -3.48. The quantitative estimate of drug-likeness (QED) is 0.280. The highest BCUT2D eigenvalue weighted by Gasteiger charge is 2.39. The maximum Gasteiger partial charge on any atom is 0.281 e. The summed E-state index contributed by atoms with van der Waals surface area (Å²) in [6.45, 7) is 4.02. The minimum absolute atomic E-state index is 0.469. The number of halogens is 1. The van der Waals surface area contributed by atoms with E-state index in [1.807, 2.05) is 56.3 Å². The second-order valence-corrected chi connectivity index (χ2v) is 8.61. The van der Waals surface area contributed by atoms with Crippen molar-refractivity contribution in [1.82, 2.24) is 9.99 Å². The van der Waals surface area contributed by atoms with Crippen molar-refractivity contribution in [3.05, 3.63) is 124 Å². The Bertz CT molecular complexity index is 1260. The van der Waals surface area contributed by atoms with Crippen molar-refractivity contribution >= 4 is 28.1 Å². The van der Waals surface area contributed by atoms with Gasteiger partial charge in [-0.3, -0.25) is 4.79 Å². The van der Waals surface area contributed by atoms with Gasteiger partial charge >= 0.3 is 0 Å². The van der Waals surface area contributed by atoms with Gasteiger partial charge in [0.2, 0.25) is 0 Å². The predicted octanol–water partition coefficient (Wildman–Crippen LogP) is 5.24. The second kappa shape index (κ2) is 9.57. The Morgan fingerprint density at radius 1 is 0.939 bits per heavy atom. The van der Waals surface area contributed by atoms with E-state index in [1.54, 1.807) is 54.7 Å². The molecule has 2 N–H and O–H groups in total. The molecule has 0 saturated heterocycles. The van der Waals surface area contributed by atoms with Gasteiger partial charge in [-0.05, 0) is 59.1 Å². The Labute approximate surface area is 201 Å². The molecule has 3 aromatic carbocycles. The number of amides is 1. The molecule has 0 spiro atoms. The molecule has 4 rings (SSSR count). The number of aliphatic hydroxyl groups is 1. The largest absolute Gasteiger partial charge is 0.372 e. The van der Waals surface area contributed by atoms with Crippen LogP contribution >= 0.6 is 15.9 Å². The van der Waals surface area contributed by atoms with E-state index in [2.05, 4.69) is 31.0 Å². The number of benzene rings is 3. The van der Waals surface area contributed by atoms with Crippen molar-refractivity contribution in [3.8, 4) is 5.69 Å². The molecular weight excluding hydrogens is 478 g/mol. The van der Waals surface area contributed by atoms with Gasteiger partial charge in [0.05, 0.1) is 11.9 Å². The van der Waals surface area contributed by atoms with Crippen molar-refractivity contribution in [2.45, 2.75) is 19.4 Å². The van der Waals surface area contributed by atoms with E-state index >= 15 is 0 Å². The maximum atomic E-state index is 13.2. The third-order valence-electron chi connectivity index (χ3n) is 5.65. The monoisotopic (exact) mass is 501 g/mol. The number of para-hydroxylation sites is 1. The van der Waals surface area contributed by atoms with Crippen LogP contribution in [0.25, 0.3) is 5.69 Å². The molecule has 0 fully saturated rings. The van der Waals surface area contributed by atoms with Crippen molar-refractivity contribution in [2.24, 2.45) is 5.10 Å². The fourth-order valence-electron chi connectivity index (χ4n) is 3.95. The van der Waals surface area contributed by atoms with Gasteiger partial charge in [0.25, 0.3) is 5.91 Å². The van der Waals surface area contributed by atoms with Crippen LogP contribution < -0.4 is 5.43 Å². The van der Waals surface area contributed by atoms with E-state index in [-0.39, 0.29) is 0 Å². The molecule has 0 saturated carbocycles. The van der Waals surface area contributed by atoms with Crippen LogP contribution in [-0.2, 0) is 10.4 Å². The number of aromatic nitrogens is 1. The SMILES string of the molecule is Cc1cc(/C=N/NC(=O)C(O)(c2ccccc2)c2ccccc2)c(C)n1-c1ccccc1Br. The van der Waals surface area contributed by atoms with Crippen molar-refractivity contribution in [3.63, 3.8) is 0 Å². The molecule has 1 aromatic heterocycles. The zero-order valence-corrected chi connectivity index (χ0v) is 20.0. The topological polar surface area (TPSA) is 66.6 Å². The molecule has 166 valence electrons. The molecule has 6 heteroatoms. The number of hydrogen-bond donors (Lipinski definition) is 2. The lowest BCUT2D eigenvalue weighted by molar-refractivity contribution is -0.136. The van der Waals surface area contributed by atoms with Crippen LogP contribution in [0.5, 0.6) is 0 Å². The highest BCUT2D eigenvalue weighted by Crippen LogP contribution is 2.30. The summed E-state index contributed by atoms with van der Waals surface area (Å²) in [5, 5.41) is 15.7. The van der Waals surface area contributed by atoms with Crippen LogP contribution in [0.1, 0.15) is 28.1 Å². The summed E-state index contributed by atoms with van der Waals surface area (Å²) in [5.41, 5.74) is 5.52. The third kappa shape index (κ3) is 4.40. The van der Waals surface area contributed by atoms with Gasteiger partial charge < -0.3 is 9.67 Å². The lowest BCUT2D eigenvalue weighted by Crippen LogP contribution is -2.43. The van der Waals surface area contributed by atoms with E-state index in [0.29, 0.717) is 11.1 Å². The van der Waals surface area contributed by atoms with E-state index in [0.717, 1.165) is 27.1 Å². The lowest BCUT2D eigenvalue weighted by atomic mass is 9.85. The normalized spacial score (nSPS) is 11.6. The lowest BCUT2D eigenvalue weighted by Gasteiger charge is -2.27. The average Bonchev–Trinajstić information content (AvgIpc) is 3.12. The van der Waals surface area contributed by atoms with E-state index in [4.69, 9.17) is 0 Å². The Morgan fingerprint density at radius 2 is 1.48 bits per heavy atom. The minimum Gasteiger partial charge on any atom is -0.372 e. The number of hydrogen-bond acceptors (Lipinski definition) is 3. The molecular formula is C27H24BrN3O2. The molecule has 4 aromatic rings. The zero-order chi connectivity index (χ0) is 23.4. The molecule has 0 aliphatic heterocycles. The minimum atomic E-state index is -1.87. The van der Waals surface area contributed by atoms with Gasteiger partial charge in [-0.1, -0.05) is 72.8 Å². The van der Waals surface area contributed by atoms with Gasteiger partial charge in [-0.15, -0.1) is 0 Å². The van der Waals surface area contributed by atoms with E-state index in [9.17, 15) is 9.90 Å². The second-order valence-electron chi connectivity index (χ2n) is 7.75. The fourth-order valence-corrected chi connectivity index (χ4v) is 4.41. The summed E-state index contributed by atoms with van der Waals surface area (Å²) >= 11 is 3.61. The average molecular weight is 502 g/mol. The molecule has 0 aliphatic carbocycles. The van der Waals surface area contributed by atoms with E-state index < -0.39 is 11.5 Å². The zero-order valence-electron chi connectivity index (χ0n) is 18.4. The number of carbonyl (C=O) groups excluding carboxylic acids is 1. The molecule has 33 heavy (non-hydrogen) atoms. The first-order valence-corrected chi connectivity index (χ1v) is 11.3. The highest BCUT2D eigenvalue weighted by atomic mass is 79.9. The highest BCUT2D eigenvalue weighted by molar-refractivity contribution is 9.10. The van der Waals surface area contributed by atoms with Crippen LogP contribution in [0.2, 0.25) is 0 Å². The number of carbonyl (C=O) groups is 1. The van der Waals surface area contributed by atoms with Crippen molar-refractivity contribution in [2.75, 3.05) is 0 Å². The van der Waals surface area contributed by atoms with Gasteiger partial charge in [-0.2, -0.15) is 5.10 Å². The van der Waals surface area contributed by atoms with Crippen molar-refractivity contribution in [1.29, 1.82) is 0 Å². The van der Waals surface area contributed by atoms with Crippen LogP contribution in [0.15, 0.2) is 101 Å². The summed E-state index contributed by atoms with van der Waals surface area (Å²) in [6, 6.07) is 27.7. The molecule has 0 bridgehead atoms. The number of aryl methyl sites for hydroxylation is 1. The molecule has 0 radical (unpaired) electrons. The number of rotatable bonds is 6. The number of hydrazone groups is 1. The Kier molecular flexibility index (Phi) is 6.58. The van der Waals surface area contributed by atoms with Crippen LogP contribution in [0.3, 0.4) is 0 Å². The summed E-state index contributed by atoms with van der Waals surface area (Å²) in [6.07, 6.45) is 1.60. The van der Waals surface area contributed by atoms with E-state index in [1.165, 1.54) is 0 Å². The van der Waals surface area contributed by atoms with Gasteiger partial charge in [0, 0.05) is 21.4 Å². The first-order valence-electron chi connectivity index (χ1n) is 10.5. The number of nitrogens with zero attached hydrogens (tertiary/aromatic N) is 2. The summed E-state index contributed by atoms with van der Waals surface area (Å²) in [5.74, 6) is -0.629. The molecule has 0 aliphatic rings. The molecule has 5 nitrogen and oxygen atoms in total. The summed E-state index contributed by atoms with van der Waals surface area (Å²) in [7, 11) is 0. The summed E-state index contributed by atoms with van der Waals surface area (Å²) in [4.78, 5) is 13.2. The smallest absolute Gasteiger partial charge is 0.281 e. The summed E-state index contributed by atoms with van der Waals surface area (Å²) < 4.78 is 3.11. The van der Waals surface area contributed by atoms with Gasteiger partial charge in [0.1, 0.15) is 0 Å². The molecule has 0 unspecified atom stereocenters. The van der Waals surface area contributed by atoms with Gasteiger partial charge in [0.15, 0.2) is 5.60 Å². The fraction of sp³-hybridized carbons (Fsp3) is 0.111. The third-order valence-corrected chi connectivity index (χ3v) is 6.32. The first kappa shape index (κ1) is 22.7. The first-order chi connectivity index (χ1) is 15.9. The molecule has 1 amide bonds. The van der Waals surface area contributed by atoms with Crippen LogP contribution in [-0.4, -0.2) is 21.8 Å². The number of nitrogens with one attached hydrogen (secondary N) is 1. The molecule has 1 heterocycles. The standard InChI is InChI=1S/C27H24BrN3O2/c1-19-17-21(20(2)31(19)25-16-10-9-15-24(25)28)18-29-30-26(32)27(33,22-11-5-3-6-12-22)23-13-7-4-8-14-23/h3-18,33H,1-2H3,(H,30,32)/b29-18+.